The van der Waals surface area contributed by atoms with Crippen molar-refractivity contribution in [3.8, 4) is 0 Å². The van der Waals surface area contributed by atoms with Crippen molar-refractivity contribution in [2.75, 3.05) is 7.11 Å². The fourth-order valence-electron chi connectivity index (χ4n) is 0.739. The molecular formula is C7H7Cl2O. The second-order valence-electron chi connectivity index (χ2n) is 1.87. The molecule has 1 nitrogen and oxygen atoms in total. The predicted molar refractivity (Wildman–Crippen MR) is 42.7 cm³/mol. The molecule has 0 spiro atoms. The van der Waals surface area contributed by atoms with E-state index in [-0.39, 0.29) is 0 Å². The van der Waals surface area contributed by atoms with E-state index in [0.717, 1.165) is 6.42 Å². The van der Waals surface area contributed by atoms with Crippen molar-refractivity contribution in [2.24, 2.45) is 0 Å². The van der Waals surface area contributed by atoms with Crippen LogP contribution in [0.25, 0.3) is 0 Å². The fourth-order valence-corrected chi connectivity index (χ4v) is 1.15. The predicted octanol–water partition coefficient (Wildman–Crippen LogP) is 2.81. The molecule has 0 bridgehead atoms. The second kappa shape index (κ2) is 3.31. The second-order valence-corrected chi connectivity index (χ2v) is 2.66. The molecule has 0 atom stereocenters. The van der Waals surface area contributed by atoms with Gasteiger partial charge < -0.3 is 4.74 Å². The van der Waals surface area contributed by atoms with E-state index in [1.807, 2.05) is 12.5 Å². The molecular weight excluding hydrogens is 171 g/mol. The number of hydrogen-bond donors (Lipinski definition) is 0. The van der Waals surface area contributed by atoms with E-state index in [0.29, 0.717) is 15.8 Å². The van der Waals surface area contributed by atoms with Crippen molar-refractivity contribution in [2.45, 2.75) is 6.42 Å². The lowest BCUT2D eigenvalue weighted by molar-refractivity contribution is 0.302. The first-order valence-corrected chi connectivity index (χ1v) is 3.64. The maximum atomic E-state index is 5.76. The van der Waals surface area contributed by atoms with E-state index in [1.165, 1.54) is 0 Å². The number of hydrogen-bond acceptors (Lipinski definition) is 1. The maximum Gasteiger partial charge on any atom is 0.134 e. The van der Waals surface area contributed by atoms with Crippen molar-refractivity contribution in [1.29, 1.82) is 0 Å². The molecule has 55 valence electrons. The highest BCUT2D eigenvalue weighted by Gasteiger charge is 2.12. The molecule has 0 saturated carbocycles. The van der Waals surface area contributed by atoms with Gasteiger partial charge in [0.05, 0.1) is 12.1 Å². The van der Waals surface area contributed by atoms with Crippen LogP contribution in [0.1, 0.15) is 6.42 Å². The standard InChI is InChI=1S/C7H7Cl2O/c1-10-6-4-2-3-5(8)7(6)9/h3-4H,2H2,1H3. The normalized spacial score (nSPS) is 18.9. The molecule has 1 aliphatic carbocycles. The van der Waals surface area contributed by atoms with Gasteiger partial charge in [-0.2, -0.15) is 0 Å². The average molecular weight is 178 g/mol. The van der Waals surface area contributed by atoms with Crippen LogP contribution in [0, 0.1) is 6.42 Å². The van der Waals surface area contributed by atoms with E-state index in [1.54, 1.807) is 7.11 Å². The summed E-state index contributed by atoms with van der Waals surface area (Å²) in [6, 6.07) is 0. The molecule has 3 heteroatoms. The lowest BCUT2D eigenvalue weighted by Crippen LogP contribution is -1.95. The summed E-state index contributed by atoms with van der Waals surface area (Å²) in [6.45, 7) is 0. The number of halogens is 2. The molecule has 0 N–H and O–H groups in total. The van der Waals surface area contributed by atoms with Gasteiger partial charge in [0.15, 0.2) is 0 Å². The van der Waals surface area contributed by atoms with Gasteiger partial charge in [0, 0.05) is 11.5 Å². The van der Waals surface area contributed by atoms with E-state index >= 15 is 0 Å². The largest absolute Gasteiger partial charge is 0.495 e. The van der Waals surface area contributed by atoms with Crippen LogP contribution in [0.5, 0.6) is 0 Å². The highest BCUT2D eigenvalue weighted by Crippen LogP contribution is 2.29. The van der Waals surface area contributed by atoms with Crippen molar-refractivity contribution in [1.82, 2.24) is 0 Å². The van der Waals surface area contributed by atoms with Crippen LogP contribution in [0.2, 0.25) is 0 Å². The van der Waals surface area contributed by atoms with Crippen LogP contribution in [0.3, 0.4) is 0 Å². The first kappa shape index (κ1) is 7.96. The molecule has 1 rings (SSSR count). The first-order valence-electron chi connectivity index (χ1n) is 2.88. The lowest BCUT2D eigenvalue weighted by atomic mass is 10.2. The molecule has 1 aliphatic rings. The Kier molecular flexibility index (Phi) is 2.64. The molecule has 0 aromatic carbocycles. The quantitative estimate of drug-likeness (QED) is 0.599. The summed E-state index contributed by atoms with van der Waals surface area (Å²) in [5.41, 5.74) is 0. The number of methoxy groups -OCH3 is 1. The zero-order valence-electron chi connectivity index (χ0n) is 5.53. The van der Waals surface area contributed by atoms with Gasteiger partial charge in [0.25, 0.3) is 0 Å². The smallest absolute Gasteiger partial charge is 0.134 e. The summed E-state index contributed by atoms with van der Waals surface area (Å²) < 4.78 is 4.94. The molecule has 1 radical (unpaired) electrons. The third-order valence-corrected chi connectivity index (χ3v) is 2.08. The first-order chi connectivity index (χ1) is 4.75. The maximum absolute atomic E-state index is 5.76. The van der Waals surface area contributed by atoms with Crippen LogP contribution < -0.4 is 0 Å². The van der Waals surface area contributed by atoms with Crippen LogP contribution >= 0.6 is 23.2 Å². The minimum absolute atomic E-state index is 0.496. The van der Waals surface area contributed by atoms with E-state index in [9.17, 15) is 0 Å². The summed E-state index contributed by atoms with van der Waals surface area (Å²) in [6.07, 6.45) is 4.51. The number of allylic oxidation sites excluding steroid dienone is 3. The Labute approximate surface area is 70.3 Å². The summed E-state index contributed by atoms with van der Waals surface area (Å²) >= 11 is 11.5. The van der Waals surface area contributed by atoms with Crippen LogP contribution in [0.15, 0.2) is 21.9 Å². The monoisotopic (exact) mass is 177 g/mol. The third kappa shape index (κ3) is 1.47. The van der Waals surface area contributed by atoms with Crippen molar-refractivity contribution < 1.29 is 4.74 Å². The summed E-state index contributed by atoms with van der Waals surface area (Å²) in [4.78, 5) is 0. The highest BCUT2D eigenvalue weighted by atomic mass is 35.5. The van der Waals surface area contributed by atoms with Crippen molar-refractivity contribution in [3.05, 3.63) is 28.3 Å². The Morgan fingerprint density at radius 2 is 2.20 bits per heavy atom. The Morgan fingerprint density at radius 3 is 2.70 bits per heavy atom. The van der Waals surface area contributed by atoms with Gasteiger partial charge in [0.1, 0.15) is 5.76 Å². The zero-order chi connectivity index (χ0) is 7.56. The third-order valence-electron chi connectivity index (χ3n) is 1.25. The Hall–Kier alpha value is -0.140. The molecule has 0 unspecified atom stereocenters. The summed E-state index contributed by atoms with van der Waals surface area (Å²) in [5.74, 6) is 0.661. The van der Waals surface area contributed by atoms with Gasteiger partial charge in [-0.1, -0.05) is 23.2 Å². The van der Waals surface area contributed by atoms with Crippen molar-refractivity contribution >= 4 is 23.2 Å². The molecule has 0 amide bonds. The fraction of sp³-hybridized carbons (Fsp3) is 0.286. The minimum Gasteiger partial charge on any atom is -0.495 e. The van der Waals surface area contributed by atoms with E-state index in [4.69, 9.17) is 27.9 Å². The Morgan fingerprint density at radius 1 is 1.50 bits per heavy atom. The SMILES string of the molecule is COC1=CC[CH]C(Cl)=C1Cl. The molecule has 10 heavy (non-hydrogen) atoms. The van der Waals surface area contributed by atoms with Crippen molar-refractivity contribution in [3.63, 3.8) is 0 Å². The van der Waals surface area contributed by atoms with Gasteiger partial charge in [0.2, 0.25) is 0 Å². The summed E-state index contributed by atoms with van der Waals surface area (Å²) in [5, 5.41) is 1.07. The number of ether oxygens (including phenoxy) is 1. The summed E-state index contributed by atoms with van der Waals surface area (Å²) in [7, 11) is 1.57. The average Bonchev–Trinajstić information content (AvgIpc) is 1.95. The topological polar surface area (TPSA) is 9.23 Å². The van der Waals surface area contributed by atoms with E-state index in [2.05, 4.69) is 0 Å². The highest BCUT2D eigenvalue weighted by molar-refractivity contribution is 6.41. The Balaban J connectivity index is 2.83. The van der Waals surface area contributed by atoms with Crippen LogP contribution in [-0.4, -0.2) is 7.11 Å². The van der Waals surface area contributed by atoms with Gasteiger partial charge in [-0.25, -0.2) is 0 Å². The van der Waals surface area contributed by atoms with Gasteiger partial charge in [-0.15, -0.1) is 0 Å². The lowest BCUT2D eigenvalue weighted by Gasteiger charge is -2.11. The molecule has 0 heterocycles. The molecule has 0 aromatic heterocycles. The van der Waals surface area contributed by atoms with Gasteiger partial charge in [-0.3, -0.25) is 0 Å². The Bertz CT molecular complexity index is 194. The molecule has 0 fully saturated rings. The zero-order valence-corrected chi connectivity index (χ0v) is 7.04. The minimum atomic E-state index is 0.496. The van der Waals surface area contributed by atoms with Crippen LogP contribution in [-0.2, 0) is 4.74 Å². The molecule has 0 saturated heterocycles. The van der Waals surface area contributed by atoms with Crippen LogP contribution in [0.4, 0.5) is 0 Å². The van der Waals surface area contributed by atoms with E-state index < -0.39 is 0 Å². The molecule has 0 aliphatic heterocycles. The number of rotatable bonds is 1. The van der Waals surface area contributed by atoms with Gasteiger partial charge in [-0.05, 0) is 12.5 Å². The molecule has 0 aromatic rings. The van der Waals surface area contributed by atoms with Gasteiger partial charge >= 0.3 is 0 Å².